The molecule has 1 N–H and O–H groups in total. The van der Waals surface area contributed by atoms with Crippen LogP contribution >= 0.6 is 22.6 Å². The Kier molecular flexibility index (Phi) is 5.94. The van der Waals surface area contributed by atoms with E-state index in [2.05, 4.69) is 27.9 Å². The van der Waals surface area contributed by atoms with Gasteiger partial charge in [-0.15, -0.1) is 0 Å². The summed E-state index contributed by atoms with van der Waals surface area (Å²) in [4.78, 5) is 12.2. The van der Waals surface area contributed by atoms with Gasteiger partial charge in [-0.1, -0.05) is 47.2 Å². The molecule has 1 amide bonds. The molecule has 1 heterocycles. The summed E-state index contributed by atoms with van der Waals surface area (Å²) in [5.41, 5.74) is 1.03. The smallest absolute Gasteiger partial charge is 0.227 e. The number of nitrogens with one attached hydrogen (secondary N) is 1. The van der Waals surface area contributed by atoms with Gasteiger partial charge in [-0.25, -0.2) is 0 Å². The van der Waals surface area contributed by atoms with Crippen molar-refractivity contribution < 1.29 is 9.53 Å². The van der Waals surface area contributed by atoms with E-state index in [1.165, 1.54) is 17.3 Å². The number of alkyl halides is 1. The van der Waals surface area contributed by atoms with E-state index < -0.39 is 0 Å². The van der Waals surface area contributed by atoms with Crippen LogP contribution in [0.25, 0.3) is 0 Å². The lowest BCUT2D eigenvalue weighted by atomic mass is 9.92. The van der Waals surface area contributed by atoms with Crippen molar-refractivity contribution in [3.8, 4) is 5.75 Å². The van der Waals surface area contributed by atoms with Crippen LogP contribution in [0, 0.1) is 0 Å². The SMILES string of the molecule is O=C(NCCCCCI)C1CCOc2ccccc21. The highest BCUT2D eigenvalue weighted by Gasteiger charge is 2.26. The van der Waals surface area contributed by atoms with Gasteiger partial charge in [-0.2, -0.15) is 0 Å². The number of amides is 1. The van der Waals surface area contributed by atoms with Crippen molar-refractivity contribution >= 4 is 28.5 Å². The van der Waals surface area contributed by atoms with E-state index in [9.17, 15) is 4.79 Å². The zero-order valence-electron chi connectivity index (χ0n) is 11.0. The second kappa shape index (κ2) is 7.72. The lowest BCUT2D eigenvalue weighted by Crippen LogP contribution is -2.33. The fraction of sp³-hybridized carbons (Fsp3) is 0.533. The summed E-state index contributed by atoms with van der Waals surface area (Å²) in [6.07, 6.45) is 4.26. The number of unbranched alkanes of at least 4 members (excludes halogenated alkanes) is 2. The molecular weight excluding hydrogens is 353 g/mol. The number of benzene rings is 1. The second-order valence-corrected chi connectivity index (χ2v) is 5.85. The number of para-hydroxylation sites is 1. The van der Waals surface area contributed by atoms with Crippen molar-refractivity contribution in [1.29, 1.82) is 0 Å². The van der Waals surface area contributed by atoms with Crippen molar-refractivity contribution in [2.24, 2.45) is 0 Å². The number of carbonyl (C=O) groups is 1. The first kappa shape index (κ1) is 14.6. The summed E-state index contributed by atoms with van der Waals surface area (Å²) < 4.78 is 6.77. The predicted octanol–water partition coefficient (Wildman–Crippen LogP) is 3.27. The maximum absolute atomic E-state index is 12.2. The fourth-order valence-electron chi connectivity index (χ4n) is 2.35. The molecular formula is C15H20INO2. The molecule has 0 spiro atoms. The molecule has 104 valence electrons. The number of ether oxygens (including phenoxy) is 1. The van der Waals surface area contributed by atoms with Gasteiger partial charge in [0.25, 0.3) is 0 Å². The molecule has 0 saturated heterocycles. The van der Waals surface area contributed by atoms with Crippen molar-refractivity contribution in [2.45, 2.75) is 31.6 Å². The Morgan fingerprint density at radius 1 is 1.32 bits per heavy atom. The lowest BCUT2D eigenvalue weighted by molar-refractivity contribution is -0.123. The quantitative estimate of drug-likeness (QED) is 0.472. The van der Waals surface area contributed by atoms with Crippen molar-refractivity contribution in [1.82, 2.24) is 5.32 Å². The molecule has 1 aliphatic heterocycles. The summed E-state index contributed by atoms with van der Waals surface area (Å²) in [6, 6.07) is 7.85. The van der Waals surface area contributed by atoms with Crippen LogP contribution in [0.2, 0.25) is 0 Å². The lowest BCUT2D eigenvalue weighted by Gasteiger charge is -2.25. The van der Waals surface area contributed by atoms with Crippen LogP contribution in [0.1, 0.15) is 37.2 Å². The monoisotopic (exact) mass is 373 g/mol. The van der Waals surface area contributed by atoms with Gasteiger partial charge in [0.05, 0.1) is 12.5 Å². The molecule has 1 aromatic rings. The highest BCUT2D eigenvalue weighted by molar-refractivity contribution is 14.1. The maximum atomic E-state index is 12.2. The first-order valence-electron chi connectivity index (χ1n) is 6.88. The molecule has 4 heteroatoms. The van der Waals surface area contributed by atoms with Crippen LogP contribution < -0.4 is 10.1 Å². The molecule has 1 atom stereocenters. The van der Waals surface area contributed by atoms with Gasteiger partial charge in [0.1, 0.15) is 5.75 Å². The molecule has 1 unspecified atom stereocenters. The van der Waals surface area contributed by atoms with Crippen LogP contribution in [0.15, 0.2) is 24.3 Å². The molecule has 3 nitrogen and oxygen atoms in total. The Balaban J connectivity index is 1.86. The van der Waals surface area contributed by atoms with Crippen LogP contribution in [0.5, 0.6) is 5.75 Å². The third-order valence-corrected chi connectivity index (χ3v) is 4.15. The van der Waals surface area contributed by atoms with Gasteiger partial charge in [-0.05, 0) is 29.8 Å². The standard InChI is InChI=1S/C15H20INO2/c16-9-4-1-5-10-17-15(18)13-8-11-19-14-7-3-2-6-12(13)14/h2-3,6-7,13H,1,4-5,8-11H2,(H,17,18). The third-order valence-electron chi connectivity index (χ3n) is 3.38. The van der Waals surface area contributed by atoms with E-state index in [4.69, 9.17) is 4.74 Å². The van der Waals surface area contributed by atoms with Gasteiger partial charge in [-0.3, -0.25) is 4.79 Å². The van der Waals surface area contributed by atoms with Gasteiger partial charge in [0.2, 0.25) is 5.91 Å². The van der Waals surface area contributed by atoms with Crippen molar-refractivity contribution in [3.63, 3.8) is 0 Å². The fourth-order valence-corrected chi connectivity index (χ4v) is 2.88. The molecule has 0 aliphatic carbocycles. The Labute approximate surface area is 128 Å². The van der Waals surface area contributed by atoms with Gasteiger partial charge in [0.15, 0.2) is 0 Å². The first-order chi connectivity index (χ1) is 9.33. The maximum Gasteiger partial charge on any atom is 0.227 e. The predicted molar refractivity (Wildman–Crippen MR) is 85.0 cm³/mol. The highest BCUT2D eigenvalue weighted by Crippen LogP contribution is 2.33. The first-order valence-corrected chi connectivity index (χ1v) is 8.41. The Morgan fingerprint density at radius 3 is 3.00 bits per heavy atom. The van der Waals surface area contributed by atoms with E-state index in [1.807, 2.05) is 24.3 Å². The normalized spacial score (nSPS) is 17.4. The number of hydrogen-bond donors (Lipinski definition) is 1. The van der Waals surface area contributed by atoms with E-state index in [0.29, 0.717) is 6.61 Å². The van der Waals surface area contributed by atoms with Gasteiger partial charge < -0.3 is 10.1 Å². The molecule has 0 fully saturated rings. The Bertz CT molecular complexity index is 422. The summed E-state index contributed by atoms with van der Waals surface area (Å²) in [5.74, 6) is 0.957. The van der Waals surface area contributed by atoms with E-state index in [1.54, 1.807) is 0 Å². The Hall–Kier alpha value is -0.780. The number of rotatable bonds is 6. The van der Waals surface area contributed by atoms with Crippen molar-refractivity contribution in [3.05, 3.63) is 29.8 Å². The molecule has 0 radical (unpaired) electrons. The van der Waals surface area contributed by atoms with E-state index >= 15 is 0 Å². The number of halogens is 1. The molecule has 0 aromatic heterocycles. The Morgan fingerprint density at radius 2 is 2.16 bits per heavy atom. The minimum atomic E-state index is -0.0467. The average molecular weight is 373 g/mol. The largest absolute Gasteiger partial charge is 0.493 e. The van der Waals surface area contributed by atoms with Crippen molar-refractivity contribution in [2.75, 3.05) is 17.6 Å². The van der Waals surface area contributed by atoms with E-state index in [-0.39, 0.29) is 11.8 Å². The summed E-state index contributed by atoms with van der Waals surface area (Å²) in [7, 11) is 0. The van der Waals surface area contributed by atoms with Crippen LogP contribution in [0.3, 0.4) is 0 Å². The highest BCUT2D eigenvalue weighted by atomic mass is 127. The van der Waals surface area contributed by atoms with Gasteiger partial charge >= 0.3 is 0 Å². The number of hydrogen-bond acceptors (Lipinski definition) is 2. The summed E-state index contributed by atoms with van der Waals surface area (Å²) in [6.45, 7) is 1.42. The van der Waals surface area contributed by atoms with Crippen LogP contribution in [0.4, 0.5) is 0 Å². The van der Waals surface area contributed by atoms with Crippen LogP contribution in [-0.2, 0) is 4.79 Å². The molecule has 0 bridgehead atoms. The molecule has 1 aliphatic rings. The third kappa shape index (κ3) is 4.09. The summed E-state index contributed by atoms with van der Waals surface area (Å²) >= 11 is 2.39. The minimum absolute atomic E-state index is 0.0467. The zero-order valence-corrected chi connectivity index (χ0v) is 13.2. The minimum Gasteiger partial charge on any atom is -0.493 e. The second-order valence-electron chi connectivity index (χ2n) is 4.77. The molecule has 1 aromatic carbocycles. The van der Waals surface area contributed by atoms with Crippen LogP contribution in [-0.4, -0.2) is 23.5 Å². The molecule has 0 saturated carbocycles. The summed E-state index contributed by atoms with van der Waals surface area (Å²) in [5, 5.41) is 3.06. The molecule has 2 rings (SSSR count). The number of carbonyl (C=O) groups excluding carboxylic acids is 1. The van der Waals surface area contributed by atoms with Gasteiger partial charge in [0, 0.05) is 12.1 Å². The molecule has 19 heavy (non-hydrogen) atoms. The topological polar surface area (TPSA) is 38.3 Å². The van der Waals surface area contributed by atoms with E-state index in [0.717, 1.165) is 30.7 Å². The zero-order chi connectivity index (χ0) is 13.5. The number of fused-ring (bicyclic) bond motifs is 1. The average Bonchev–Trinajstić information content (AvgIpc) is 2.46.